The van der Waals surface area contributed by atoms with E-state index in [1.54, 1.807) is 48.5 Å². The molecule has 1 aliphatic heterocycles. The number of nitrogen functional groups attached to an aromatic ring is 1. The standard InChI is InChI=1S/C20H23N3O2.ClH/c21-17-9-5-15(6-10-17)19(24)22-18-11-7-16(8-12-18)20(25)23-13-3-1-2-4-14-23;/h5-12H,1-4,13-14,21H2,(H,22,24);1H. The molecule has 3 rings (SSSR count). The number of carbonyl (C=O) groups is 2. The Morgan fingerprint density at radius 2 is 1.35 bits per heavy atom. The number of benzene rings is 2. The summed E-state index contributed by atoms with van der Waals surface area (Å²) in [5.74, 6) is -0.134. The highest BCUT2D eigenvalue weighted by Gasteiger charge is 2.17. The third-order valence-corrected chi connectivity index (χ3v) is 4.46. The minimum atomic E-state index is -0.202. The zero-order valence-corrected chi connectivity index (χ0v) is 15.4. The van der Waals surface area contributed by atoms with E-state index in [0.717, 1.165) is 25.9 Å². The minimum absolute atomic E-state index is 0. The Hall–Kier alpha value is -2.53. The molecule has 0 saturated carbocycles. The molecule has 1 aliphatic rings. The van der Waals surface area contributed by atoms with Gasteiger partial charge in [-0.05, 0) is 61.4 Å². The molecule has 0 aliphatic carbocycles. The lowest BCUT2D eigenvalue weighted by molar-refractivity contribution is 0.0761. The highest BCUT2D eigenvalue weighted by atomic mass is 35.5. The maximum absolute atomic E-state index is 12.6. The number of hydrogen-bond acceptors (Lipinski definition) is 3. The number of carbonyl (C=O) groups excluding carboxylic acids is 2. The van der Waals surface area contributed by atoms with Crippen molar-refractivity contribution in [3.8, 4) is 0 Å². The van der Waals surface area contributed by atoms with Crippen LogP contribution in [0.2, 0.25) is 0 Å². The van der Waals surface area contributed by atoms with Crippen LogP contribution >= 0.6 is 12.4 Å². The van der Waals surface area contributed by atoms with Crippen LogP contribution < -0.4 is 11.1 Å². The molecule has 2 aromatic carbocycles. The Morgan fingerprint density at radius 3 is 1.92 bits per heavy atom. The number of likely N-dealkylation sites (tertiary alicyclic amines) is 1. The first-order valence-electron chi connectivity index (χ1n) is 8.70. The molecule has 0 radical (unpaired) electrons. The largest absolute Gasteiger partial charge is 0.399 e. The predicted octanol–water partition coefficient (Wildman–Crippen LogP) is 3.96. The molecule has 138 valence electrons. The van der Waals surface area contributed by atoms with E-state index in [9.17, 15) is 9.59 Å². The zero-order valence-electron chi connectivity index (χ0n) is 14.6. The normalized spacial score (nSPS) is 14.1. The van der Waals surface area contributed by atoms with Gasteiger partial charge in [0.15, 0.2) is 0 Å². The van der Waals surface area contributed by atoms with Crippen molar-refractivity contribution in [1.82, 2.24) is 4.90 Å². The van der Waals surface area contributed by atoms with Gasteiger partial charge < -0.3 is 16.0 Å². The summed E-state index contributed by atoms with van der Waals surface area (Å²) in [4.78, 5) is 26.7. The second-order valence-electron chi connectivity index (χ2n) is 6.36. The number of amides is 2. The maximum Gasteiger partial charge on any atom is 0.255 e. The van der Waals surface area contributed by atoms with Crippen molar-refractivity contribution in [3.63, 3.8) is 0 Å². The number of nitrogens with one attached hydrogen (secondary N) is 1. The van der Waals surface area contributed by atoms with Crippen LogP contribution in [0.25, 0.3) is 0 Å². The molecule has 0 atom stereocenters. The van der Waals surface area contributed by atoms with Gasteiger partial charge in [-0.3, -0.25) is 9.59 Å². The molecular weight excluding hydrogens is 350 g/mol. The number of nitrogens with two attached hydrogens (primary N) is 1. The first-order chi connectivity index (χ1) is 12.1. The van der Waals surface area contributed by atoms with Gasteiger partial charge in [0.1, 0.15) is 0 Å². The van der Waals surface area contributed by atoms with Crippen molar-refractivity contribution >= 4 is 35.6 Å². The van der Waals surface area contributed by atoms with Crippen molar-refractivity contribution in [3.05, 3.63) is 59.7 Å². The second-order valence-corrected chi connectivity index (χ2v) is 6.36. The molecule has 2 aromatic rings. The Bertz CT molecular complexity index is 737. The lowest BCUT2D eigenvalue weighted by Gasteiger charge is -2.20. The van der Waals surface area contributed by atoms with E-state index in [1.807, 2.05) is 4.90 Å². The summed E-state index contributed by atoms with van der Waals surface area (Å²) in [6.45, 7) is 1.66. The van der Waals surface area contributed by atoms with Crippen LogP contribution in [0.3, 0.4) is 0 Å². The van der Waals surface area contributed by atoms with E-state index in [2.05, 4.69) is 5.32 Å². The van der Waals surface area contributed by atoms with E-state index >= 15 is 0 Å². The number of rotatable bonds is 3. The smallest absolute Gasteiger partial charge is 0.255 e. The fourth-order valence-corrected chi connectivity index (χ4v) is 2.99. The molecular formula is C20H24ClN3O2. The molecule has 0 aromatic heterocycles. The molecule has 0 spiro atoms. The summed E-state index contributed by atoms with van der Waals surface area (Å²) < 4.78 is 0. The third kappa shape index (κ3) is 4.99. The Kier molecular flexibility index (Phi) is 7.04. The maximum atomic E-state index is 12.6. The number of hydrogen-bond donors (Lipinski definition) is 2. The van der Waals surface area contributed by atoms with Gasteiger partial charge in [-0.2, -0.15) is 0 Å². The lowest BCUT2D eigenvalue weighted by Crippen LogP contribution is -2.31. The Morgan fingerprint density at radius 1 is 0.808 bits per heavy atom. The fraction of sp³-hybridized carbons (Fsp3) is 0.300. The molecule has 2 amide bonds. The highest BCUT2D eigenvalue weighted by Crippen LogP contribution is 2.16. The Labute approximate surface area is 160 Å². The predicted molar refractivity (Wildman–Crippen MR) is 107 cm³/mol. The summed E-state index contributed by atoms with van der Waals surface area (Å²) in [7, 11) is 0. The van der Waals surface area contributed by atoms with Crippen molar-refractivity contribution in [1.29, 1.82) is 0 Å². The summed E-state index contributed by atoms with van der Waals surface area (Å²) in [5.41, 5.74) is 8.11. The molecule has 26 heavy (non-hydrogen) atoms. The van der Waals surface area contributed by atoms with E-state index in [1.165, 1.54) is 12.8 Å². The van der Waals surface area contributed by atoms with Crippen LogP contribution in [0.15, 0.2) is 48.5 Å². The van der Waals surface area contributed by atoms with Gasteiger partial charge in [0, 0.05) is 35.6 Å². The van der Waals surface area contributed by atoms with E-state index in [0.29, 0.717) is 22.5 Å². The molecule has 0 unspecified atom stereocenters. The molecule has 1 saturated heterocycles. The van der Waals surface area contributed by atoms with Crippen LogP contribution in [0.1, 0.15) is 46.4 Å². The summed E-state index contributed by atoms with van der Waals surface area (Å²) in [6.07, 6.45) is 4.53. The highest BCUT2D eigenvalue weighted by molar-refractivity contribution is 6.04. The average molecular weight is 374 g/mol. The summed E-state index contributed by atoms with van der Waals surface area (Å²) in [5, 5.41) is 2.83. The van der Waals surface area contributed by atoms with E-state index in [-0.39, 0.29) is 24.2 Å². The topological polar surface area (TPSA) is 75.4 Å². The van der Waals surface area contributed by atoms with Crippen LogP contribution in [-0.4, -0.2) is 29.8 Å². The van der Waals surface area contributed by atoms with Gasteiger partial charge in [0.05, 0.1) is 0 Å². The zero-order chi connectivity index (χ0) is 17.6. The van der Waals surface area contributed by atoms with Crippen molar-refractivity contribution < 1.29 is 9.59 Å². The van der Waals surface area contributed by atoms with E-state index < -0.39 is 0 Å². The van der Waals surface area contributed by atoms with Gasteiger partial charge in [-0.15, -0.1) is 12.4 Å². The third-order valence-electron chi connectivity index (χ3n) is 4.46. The van der Waals surface area contributed by atoms with Crippen molar-refractivity contribution in [2.24, 2.45) is 0 Å². The van der Waals surface area contributed by atoms with Gasteiger partial charge in [-0.1, -0.05) is 12.8 Å². The second kappa shape index (κ2) is 9.25. The molecule has 1 fully saturated rings. The van der Waals surface area contributed by atoms with Crippen molar-refractivity contribution in [2.45, 2.75) is 25.7 Å². The number of nitrogens with zero attached hydrogens (tertiary/aromatic N) is 1. The molecule has 1 heterocycles. The molecule has 5 nitrogen and oxygen atoms in total. The lowest BCUT2D eigenvalue weighted by atomic mass is 10.1. The molecule has 0 bridgehead atoms. The van der Waals surface area contributed by atoms with Crippen LogP contribution in [0, 0.1) is 0 Å². The van der Waals surface area contributed by atoms with Gasteiger partial charge in [-0.25, -0.2) is 0 Å². The minimum Gasteiger partial charge on any atom is -0.399 e. The fourth-order valence-electron chi connectivity index (χ4n) is 2.99. The average Bonchev–Trinajstić information content (AvgIpc) is 2.92. The van der Waals surface area contributed by atoms with Crippen LogP contribution in [-0.2, 0) is 0 Å². The number of halogens is 1. The molecule has 3 N–H and O–H groups in total. The van der Waals surface area contributed by atoms with Crippen LogP contribution in [0.5, 0.6) is 0 Å². The number of anilines is 2. The van der Waals surface area contributed by atoms with E-state index in [4.69, 9.17) is 5.73 Å². The Balaban J connectivity index is 0.00000243. The first-order valence-corrected chi connectivity index (χ1v) is 8.70. The molecule has 6 heteroatoms. The quantitative estimate of drug-likeness (QED) is 0.799. The summed E-state index contributed by atoms with van der Waals surface area (Å²) >= 11 is 0. The monoisotopic (exact) mass is 373 g/mol. The summed E-state index contributed by atoms with van der Waals surface area (Å²) in [6, 6.07) is 13.8. The van der Waals surface area contributed by atoms with Gasteiger partial charge >= 0.3 is 0 Å². The first kappa shape index (κ1) is 19.8. The SMILES string of the molecule is Cl.Nc1ccc(C(=O)Nc2ccc(C(=O)N3CCCCCC3)cc2)cc1. The van der Waals surface area contributed by atoms with Gasteiger partial charge in [0.25, 0.3) is 11.8 Å². The van der Waals surface area contributed by atoms with Crippen molar-refractivity contribution in [2.75, 3.05) is 24.1 Å². The van der Waals surface area contributed by atoms with Gasteiger partial charge in [0.2, 0.25) is 0 Å². The van der Waals surface area contributed by atoms with Crippen LogP contribution in [0.4, 0.5) is 11.4 Å².